The Morgan fingerprint density at radius 1 is 1.29 bits per heavy atom. The fourth-order valence-corrected chi connectivity index (χ4v) is 6.12. The van der Waals surface area contributed by atoms with E-state index in [0.717, 1.165) is 6.07 Å². The number of hydrogen-bond donors (Lipinski definition) is 0. The van der Waals surface area contributed by atoms with Crippen molar-refractivity contribution in [2.75, 3.05) is 17.7 Å². The molecule has 0 aliphatic carbocycles. The van der Waals surface area contributed by atoms with Crippen molar-refractivity contribution >= 4 is 27.7 Å². The highest BCUT2D eigenvalue weighted by Gasteiger charge is 2.36. The first kappa shape index (κ1) is 24.4. The van der Waals surface area contributed by atoms with Crippen molar-refractivity contribution in [3.8, 4) is 0 Å². The van der Waals surface area contributed by atoms with Crippen molar-refractivity contribution in [2.45, 2.75) is 50.3 Å². The van der Waals surface area contributed by atoms with Crippen LogP contribution < -0.4 is 10.5 Å². The Kier molecular flexibility index (Phi) is 6.54. The van der Waals surface area contributed by atoms with Gasteiger partial charge in [-0.25, -0.2) is 23.1 Å². The van der Waals surface area contributed by atoms with Gasteiger partial charge in [0.2, 0.25) is 0 Å². The van der Waals surface area contributed by atoms with Crippen LogP contribution in [0.1, 0.15) is 55.7 Å². The summed E-state index contributed by atoms with van der Waals surface area (Å²) in [6.45, 7) is 3.91. The van der Waals surface area contributed by atoms with Gasteiger partial charge in [0.1, 0.15) is 23.6 Å². The lowest BCUT2D eigenvalue weighted by molar-refractivity contribution is 0.146. The number of hydrogen-bond acceptors (Lipinski definition) is 5. The molecule has 1 aliphatic rings. The number of benzene rings is 1. The smallest absolute Gasteiger partial charge is 0.266 e. The topological polar surface area (TPSA) is 68.1 Å². The predicted octanol–water partition coefficient (Wildman–Crippen LogP) is 4.45. The molecule has 1 fully saturated rings. The summed E-state index contributed by atoms with van der Waals surface area (Å²) in [6, 6.07) is 5.73. The van der Waals surface area contributed by atoms with E-state index in [1.807, 2.05) is 13.8 Å². The number of nitrogens with zero attached hydrogens (tertiary/aromatic N) is 4. The molecule has 0 radical (unpaired) electrons. The molecule has 3 aromatic rings. The van der Waals surface area contributed by atoms with E-state index in [1.165, 1.54) is 23.0 Å². The number of halogens is 3. The van der Waals surface area contributed by atoms with E-state index in [-0.39, 0.29) is 23.6 Å². The molecule has 10 heteroatoms. The number of rotatable bonds is 5. The molecule has 4 rings (SSSR count). The molecule has 2 unspecified atom stereocenters. The number of anilines is 1. The molecule has 3 heterocycles. The Labute approximate surface area is 198 Å². The molecule has 0 bridgehead atoms. The Bertz CT molecular complexity index is 1330. The van der Waals surface area contributed by atoms with E-state index < -0.39 is 33.4 Å². The molecule has 0 saturated carbocycles. The summed E-state index contributed by atoms with van der Waals surface area (Å²) in [5.74, 6) is -0.0127. The van der Waals surface area contributed by atoms with Gasteiger partial charge in [-0.2, -0.15) is 0 Å². The van der Waals surface area contributed by atoms with Crippen molar-refractivity contribution in [1.82, 2.24) is 14.5 Å². The summed E-state index contributed by atoms with van der Waals surface area (Å²) < 4.78 is 54.4. The van der Waals surface area contributed by atoms with Crippen LogP contribution in [0.4, 0.5) is 19.0 Å². The van der Waals surface area contributed by atoms with E-state index in [0.29, 0.717) is 41.0 Å². The van der Waals surface area contributed by atoms with Gasteiger partial charge in [0.15, 0.2) is 0 Å². The van der Waals surface area contributed by atoms with Gasteiger partial charge in [-0.15, -0.1) is 0 Å². The minimum Gasteiger partial charge on any atom is -0.355 e. The zero-order valence-corrected chi connectivity index (χ0v) is 20.3. The quantitative estimate of drug-likeness (QED) is 0.527. The molecule has 34 heavy (non-hydrogen) atoms. The maximum atomic E-state index is 14.6. The maximum absolute atomic E-state index is 14.6. The fourth-order valence-electron chi connectivity index (χ4n) is 4.68. The van der Waals surface area contributed by atoms with Crippen molar-refractivity contribution < 1.29 is 17.4 Å². The molecular formula is C24H27F3N4O2S. The van der Waals surface area contributed by atoms with Crippen LogP contribution >= 0.6 is 0 Å². The minimum absolute atomic E-state index is 0.00607. The Hall–Kier alpha value is -2.75. The van der Waals surface area contributed by atoms with E-state index in [1.54, 1.807) is 25.1 Å². The summed E-state index contributed by atoms with van der Waals surface area (Å²) in [6.07, 6.45) is -0.325. The van der Waals surface area contributed by atoms with Gasteiger partial charge in [-0.3, -0.25) is 13.6 Å². The molecule has 6 nitrogen and oxygen atoms in total. The summed E-state index contributed by atoms with van der Waals surface area (Å²) in [7, 11) is 2.37. The number of pyridine rings is 1. The molecule has 2 atom stereocenters. The second-order valence-corrected chi connectivity index (χ2v) is 11.6. The molecule has 182 valence electrons. The van der Waals surface area contributed by atoms with Crippen LogP contribution in [-0.4, -0.2) is 36.3 Å². The van der Waals surface area contributed by atoms with Gasteiger partial charge in [-0.1, -0.05) is 18.2 Å². The van der Waals surface area contributed by atoms with E-state index in [9.17, 15) is 22.2 Å². The van der Waals surface area contributed by atoms with Crippen molar-refractivity contribution in [3.05, 3.63) is 63.5 Å². The second-order valence-electron chi connectivity index (χ2n) is 9.37. The number of aromatic nitrogens is 3. The first-order chi connectivity index (χ1) is 16.0. The first-order valence-corrected chi connectivity index (χ1v) is 12.3. The zero-order valence-electron chi connectivity index (χ0n) is 19.5. The normalized spacial score (nSPS) is 20.1. The number of fused-ring (bicyclic) bond motifs is 1. The summed E-state index contributed by atoms with van der Waals surface area (Å²) >= 11 is 0. The standard InChI is InChI=1S/C24H27F3N4O2S/c1-24(2)11-14(8-9-34(24)33)17-10-18-21(28-13-29-22(18)31(4)23(17)32)30(3)12-15-6-5-7-16(19(15)25)20(26)27/h5-7,10,13-14,20H,8-9,11-12H2,1-4H3. The van der Waals surface area contributed by atoms with Crippen LogP contribution in [0.5, 0.6) is 0 Å². The zero-order chi connectivity index (χ0) is 24.8. The maximum Gasteiger partial charge on any atom is 0.266 e. The molecule has 1 saturated heterocycles. The van der Waals surface area contributed by atoms with E-state index in [2.05, 4.69) is 9.97 Å². The predicted molar refractivity (Wildman–Crippen MR) is 127 cm³/mol. The van der Waals surface area contributed by atoms with Crippen molar-refractivity contribution in [1.29, 1.82) is 0 Å². The van der Waals surface area contributed by atoms with Crippen LogP contribution in [0.25, 0.3) is 11.0 Å². The van der Waals surface area contributed by atoms with Gasteiger partial charge < -0.3 is 4.90 Å². The largest absolute Gasteiger partial charge is 0.355 e. The van der Waals surface area contributed by atoms with Gasteiger partial charge in [0.25, 0.3) is 12.0 Å². The van der Waals surface area contributed by atoms with Crippen LogP contribution in [0, 0.1) is 5.82 Å². The highest BCUT2D eigenvalue weighted by molar-refractivity contribution is 7.86. The highest BCUT2D eigenvalue weighted by atomic mass is 32.2. The van der Waals surface area contributed by atoms with Crippen molar-refractivity contribution in [2.24, 2.45) is 7.05 Å². The molecule has 2 aromatic heterocycles. The van der Waals surface area contributed by atoms with Crippen LogP contribution in [0.15, 0.2) is 35.4 Å². The van der Waals surface area contributed by atoms with Gasteiger partial charge in [-0.05, 0) is 38.7 Å². The minimum atomic E-state index is -2.91. The Morgan fingerprint density at radius 2 is 2.03 bits per heavy atom. The Morgan fingerprint density at radius 3 is 2.71 bits per heavy atom. The van der Waals surface area contributed by atoms with Gasteiger partial charge >= 0.3 is 0 Å². The van der Waals surface area contributed by atoms with Gasteiger partial charge in [0.05, 0.1) is 10.9 Å². The Balaban J connectivity index is 1.77. The number of aryl methyl sites for hydroxylation is 1. The fraction of sp³-hybridized carbons (Fsp3) is 0.458. The van der Waals surface area contributed by atoms with Crippen molar-refractivity contribution in [3.63, 3.8) is 0 Å². The van der Waals surface area contributed by atoms with Crippen LogP contribution in [-0.2, 0) is 24.4 Å². The SMILES string of the molecule is CN(Cc1cccc(C(F)F)c1F)c1ncnc2c1cc(C1CCS(=O)C(C)(C)C1)c(=O)n2C. The molecule has 1 aromatic carbocycles. The molecule has 0 spiro atoms. The summed E-state index contributed by atoms with van der Waals surface area (Å²) in [4.78, 5) is 23.5. The molecule has 1 aliphatic heterocycles. The first-order valence-electron chi connectivity index (χ1n) is 11.0. The van der Waals surface area contributed by atoms with Crippen LogP contribution in [0.2, 0.25) is 0 Å². The van der Waals surface area contributed by atoms with Gasteiger partial charge in [0, 0.05) is 53.1 Å². The average Bonchev–Trinajstić information content (AvgIpc) is 2.78. The molecular weight excluding hydrogens is 465 g/mol. The molecule has 0 N–H and O–H groups in total. The average molecular weight is 493 g/mol. The van der Waals surface area contributed by atoms with E-state index in [4.69, 9.17) is 0 Å². The molecule has 0 amide bonds. The lowest BCUT2D eigenvalue weighted by Gasteiger charge is -2.34. The summed E-state index contributed by atoms with van der Waals surface area (Å²) in [5, 5.41) is 0.608. The lowest BCUT2D eigenvalue weighted by Crippen LogP contribution is -2.38. The highest BCUT2D eigenvalue weighted by Crippen LogP contribution is 2.37. The lowest BCUT2D eigenvalue weighted by atomic mass is 9.87. The van der Waals surface area contributed by atoms with Crippen LogP contribution in [0.3, 0.4) is 0 Å². The van der Waals surface area contributed by atoms with E-state index >= 15 is 0 Å². The monoisotopic (exact) mass is 492 g/mol. The number of alkyl halides is 2. The third kappa shape index (κ3) is 4.35. The third-order valence-corrected chi connectivity index (χ3v) is 8.58. The second kappa shape index (κ2) is 9.13. The third-order valence-electron chi connectivity index (χ3n) is 6.57. The summed E-state index contributed by atoms with van der Waals surface area (Å²) in [5.41, 5.74) is 0.346.